The molecule has 3 aliphatic rings. The van der Waals surface area contributed by atoms with Gasteiger partial charge >= 0.3 is 5.97 Å². The Morgan fingerprint density at radius 3 is 2.44 bits per heavy atom. The second-order valence-electron chi connectivity index (χ2n) is 12.9. The van der Waals surface area contributed by atoms with Crippen molar-refractivity contribution in [2.24, 2.45) is 5.41 Å². The van der Waals surface area contributed by atoms with Crippen LogP contribution >= 0.6 is 0 Å². The third-order valence-electron chi connectivity index (χ3n) is 9.65. The zero-order chi connectivity index (χ0) is 31.7. The summed E-state index contributed by atoms with van der Waals surface area (Å²) in [4.78, 5) is 16.5. The fraction of sp³-hybridized carbons (Fsp3) is 0.457. The van der Waals surface area contributed by atoms with Crippen LogP contribution in [0.4, 0.5) is 23.2 Å². The molecule has 1 spiro atoms. The Balaban J connectivity index is 1.25. The molecule has 6 nitrogen and oxygen atoms in total. The van der Waals surface area contributed by atoms with Gasteiger partial charge in [0.2, 0.25) is 0 Å². The van der Waals surface area contributed by atoms with Crippen LogP contribution in [-0.4, -0.2) is 72.6 Å². The maximum Gasteiger partial charge on any atom is 0.317 e. The first kappa shape index (κ1) is 31.4. The van der Waals surface area contributed by atoms with Crippen LogP contribution in [0, 0.1) is 17.0 Å². The van der Waals surface area contributed by atoms with Gasteiger partial charge in [0.05, 0.1) is 19.1 Å². The lowest BCUT2D eigenvalue weighted by Gasteiger charge is -2.49. The molecule has 0 saturated carbocycles. The van der Waals surface area contributed by atoms with Gasteiger partial charge in [0, 0.05) is 43.5 Å². The smallest absolute Gasteiger partial charge is 0.317 e. The maximum absolute atomic E-state index is 16.1. The number of hydrogen-bond acceptors (Lipinski definition) is 5. The molecule has 0 amide bonds. The van der Waals surface area contributed by atoms with Crippen LogP contribution in [0.2, 0.25) is 0 Å². The van der Waals surface area contributed by atoms with Gasteiger partial charge < -0.3 is 14.7 Å². The number of nitrogens with zero attached hydrogens (tertiary/aromatic N) is 3. The summed E-state index contributed by atoms with van der Waals surface area (Å²) >= 11 is 0. The molecular formula is C35H39F4N3O3. The molecule has 3 aromatic carbocycles. The minimum Gasteiger partial charge on any atom is -0.489 e. The maximum atomic E-state index is 16.1. The minimum atomic E-state index is -2.67. The Morgan fingerprint density at radius 2 is 1.76 bits per heavy atom. The predicted molar refractivity (Wildman–Crippen MR) is 164 cm³/mol. The van der Waals surface area contributed by atoms with Crippen molar-refractivity contribution in [2.45, 2.75) is 57.7 Å². The quantitative estimate of drug-likeness (QED) is 0.274. The largest absolute Gasteiger partial charge is 0.489 e. The van der Waals surface area contributed by atoms with Crippen molar-refractivity contribution in [2.75, 3.05) is 44.2 Å². The standard InChI is InChI=1S/C35H39F4N3O3/c1-23-14-25-15-27(45-20-24-6-3-2-4-7-24)8-9-28(25)34(42(23)18-31(38)39)33-29(36)16-26(17-30(33)37)41-12-5-10-35(11-13-41)21-40(22-35)19-32(43)44/h2-4,6-9,15-17,23,31,34H,5,10-14,18-22H2,1H3,(H,43,44)/t23-,34?/m1/s1. The number of carboxylic acid groups (broad SMARTS) is 1. The van der Waals surface area contributed by atoms with Crippen molar-refractivity contribution in [3.05, 3.63) is 94.6 Å². The first-order valence-corrected chi connectivity index (χ1v) is 15.6. The first-order chi connectivity index (χ1) is 21.6. The Labute approximate surface area is 261 Å². The molecule has 3 aromatic rings. The average molecular weight is 626 g/mol. The number of carboxylic acids is 1. The molecule has 3 aliphatic heterocycles. The number of fused-ring (bicyclic) bond motifs is 1. The van der Waals surface area contributed by atoms with E-state index in [1.807, 2.05) is 53.1 Å². The number of aliphatic carboxylic acids is 1. The van der Waals surface area contributed by atoms with E-state index in [1.165, 1.54) is 17.0 Å². The van der Waals surface area contributed by atoms with Crippen LogP contribution in [0.15, 0.2) is 60.7 Å². The second-order valence-corrected chi connectivity index (χ2v) is 12.9. The van der Waals surface area contributed by atoms with Gasteiger partial charge in [-0.1, -0.05) is 36.4 Å². The summed E-state index contributed by atoms with van der Waals surface area (Å²) in [5.74, 6) is -1.74. The number of rotatable bonds is 9. The number of anilines is 1. The van der Waals surface area contributed by atoms with E-state index < -0.39 is 36.6 Å². The van der Waals surface area contributed by atoms with Crippen LogP contribution < -0.4 is 9.64 Å². The lowest BCUT2D eigenvalue weighted by atomic mass is 9.74. The number of benzene rings is 3. The molecule has 10 heteroatoms. The van der Waals surface area contributed by atoms with E-state index in [-0.39, 0.29) is 23.6 Å². The highest BCUT2D eigenvalue weighted by atomic mass is 19.3. The van der Waals surface area contributed by atoms with E-state index in [0.29, 0.717) is 56.2 Å². The molecule has 1 N–H and O–H groups in total. The third-order valence-corrected chi connectivity index (χ3v) is 9.65. The van der Waals surface area contributed by atoms with Crippen LogP contribution in [0.5, 0.6) is 5.75 Å². The van der Waals surface area contributed by atoms with E-state index in [9.17, 15) is 13.6 Å². The Hall–Kier alpha value is -3.63. The molecular weight excluding hydrogens is 586 g/mol. The molecule has 6 rings (SSSR count). The van der Waals surface area contributed by atoms with Crippen LogP contribution in [0.1, 0.15) is 54.5 Å². The van der Waals surface area contributed by atoms with E-state index in [1.54, 1.807) is 12.1 Å². The summed E-state index contributed by atoms with van der Waals surface area (Å²) in [5.41, 5.74) is 2.66. The van der Waals surface area contributed by atoms with E-state index >= 15 is 8.78 Å². The minimum absolute atomic E-state index is 0.0247. The summed E-state index contributed by atoms with van der Waals surface area (Å²) in [5, 5.41) is 9.09. The Morgan fingerprint density at radius 1 is 1.02 bits per heavy atom. The molecule has 0 aliphatic carbocycles. The second kappa shape index (κ2) is 13.0. The zero-order valence-electron chi connectivity index (χ0n) is 25.4. The van der Waals surface area contributed by atoms with Gasteiger partial charge in [-0.25, -0.2) is 17.6 Å². The summed E-state index contributed by atoms with van der Waals surface area (Å²) in [7, 11) is 0. The molecule has 240 valence electrons. The Bertz CT molecular complexity index is 1490. The fourth-order valence-electron chi connectivity index (χ4n) is 7.54. The van der Waals surface area contributed by atoms with Crippen molar-refractivity contribution in [1.29, 1.82) is 0 Å². The molecule has 1 unspecified atom stereocenters. The van der Waals surface area contributed by atoms with Crippen molar-refractivity contribution in [3.63, 3.8) is 0 Å². The topological polar surface area (TPSA) is 56.3 Å². The van der Waals surface area contributed by atoms with Crippen LogP contribution in [0.3, 0.4) is 0 Å². The van der Waals surface area contributed by atoms with Gasteiger partial charge in [-0.3, -0.25) is 14.6 Å². The summed E-state index contributed by atoms with van der Waals surface area (Å²) in [6, 6.07) is 16.3. The van der Waals surface area contributed by atoms with Crippen molar-refractivity contribution < 1.29 is 32.2 Å². The highest BCUT2D eigenvalue weighted by molar-refractivity contribution is 5.69. The summed E-state index contributed by atoms with van der Waals surface area (Å²) in [6.07, 6.45) is 0.341. The highest BCUT2D eigenvalue weighted by Crippen LogP contribution is 2.44. The molecule has 45 heavy (non-hydrogen) atoms. The van der Waals surface area contributed by atoms with Gasteiger partial charge in [0.1, 0.15) is 24.0 Å². The molecule has 3 heterocycles. The molecule has 2 fully saturated rings. The van der Waals surface area contributed by atoms with Crippen molar-refractivity contribution in [1.82, 2.24) is 9.80 Å². The molecule has 0 aromatic heterocycles. The van der Waals surface area contributed by atoms with Crippen molar-refractivity contribution in [3.8, 4) is 5.75 Å². The third kappa shape index (κ3) is 6.82. The van der Waals surface area contributed by atoms with E-state index in [2.05, 4.69) is 0 Å². The summed E-state index contributed by atoms with van der Waals surface area (Å²) < 4.78 is 65.9. The van der Waals surface area contributed by atoms with Crippen LogP contribution in [-0.2, 0) is 17.8 Å². The van der Waals surface area contributed by atoms with Gasteiger partial charge in [0.25, 0.3) is 6.43 Å². The number of alkyl halides is 2. The Kier molecular flexibility index (Phi) is 9.06. The monoisotopic (exact) mass is 625 g/mol. The first-order valence-electron chi connectivity index (χ1n) is 15.6. The number of ether oxygens (including phenoxy) is 1. The van der Waals surface area contributed by atoms with Gasteiger partial charge in [-0.2, -0.15) is 0 Å². The van der Waals surface area contributed by atoms with Gasteiger partial charge in [-0.15, -0.1) is 0 Å². The number of hydrogen-bond donors (Lipinski definition) is 1. The van der Waals surface area contributed by atoms with E-state index in [4.69, 9.17) is 9.84 Å². The molecule has 2 saturated heterocycles. The number of likely N-dealkylation sites (tertiary alicyclic amines) is 1. The number of carbonyl (C=O) groups is 1. The lowest BCUT2D eigenvalue weighted by molar-refractivity contribution is -0.142. The van der Waals surface area contributed by atoms with Crippen LogP contribution in [0.25, 0.3) is 0 Å². The fourth-order valence-corrected chi connectivity index (χ4v) is 7.54. The SMILES string of the molecule is C[C@@H]1Cc2cc(OCc3ccccc3)ccc2C(c2c(F)cc(N3CCCC4(CC3)CN(CC(=O)O)C4)cc2F)N1CC(F)F. The van der Waals surface area contributed by atoms with Gasteiger partial charge in [-0.05, 0) is 79.0 Å². The lowest BCUT2D eigenvalue weighted by Crippen LogP contribution is -2.57. The van der Waals surface area contributed by atoms with Gasteiger partial charge in [0.15, 0.2) is 0 Å². The number of halogens is 4. The normalized spacial score (nSPS) is 21.8. The average Bonchev–Trinajstić information content (AvgIpc) is 3.20. The molecule has 0 bridgehead atoms. The van der Waals surface area contributed by atoms with E-state index in [0.717, 1.165) is 30.4 Å². The zero-order valence-corrected chi connectivity index (χ0v) is 25.4. The predicted octanol–water partition coefficient (Wildman–Crippen LogP) is 6.52. The molecule has 0 radical (unpaired) electrons. The van der Waals surface area contributed by atoms with Crippen molar-refractivity contribution >= 4 is 11.7 Å². The highest BCUT2D eigenvalue weighted by Gasteiger charge is 2.44. The summed E-state index contributed by atoms with van der Waals surface area (Å²) in [6.45, 7) is 4.25. The molecule has 2 atom stereocenters.